The Bertz CT molecular complexity index is 1310. The lowest BCUT2D eigenvalue weighted by atomic mass is 9.95. The van der Waals surface area contributed by atoms with E-state index < -0.39 is 16.0 Å². The van der Waals surface area contributed by atoms with Crippen molar-refractivity contribution in [1.82, 2.24) is 0 Å². The number of para-hydroxylation sites is 1. The number of anilines is 2. The van der Waals surface area contributed by atoms with Crippen LogP contribution in [0.4, 0.5) is 11.4 Å². The molecule has 0 aromatic heterocycles. The molecule has 0 unspecified atom stereocenters. The van der Waals surface area contributed by atoms with Gasteiger partial charge in [0.2, 0.25) is 0 Å². The first kappa shape index (κ1) is 22.5. The summed E-state index contributed by atoms with van der Waals surface area (Å²) in [6.45, 7) is 0.470. The number of hydrogen-bond donors (Lipinski definition) is 0. The summed E-state index contributed by atoms with van der Waals surface area (Å²) in [7, 11) is -1.05. The highest BCUT2D eigenvalue weighted by Gasteiger charge is 2.28. The van der Waals surface area contributed by atoms with E-state index in [1.807, 2.05) is 6.07 Å². The molecule has 3 aromatic rings. The number of sulfonamides is 1. The van der Waals surface area contributed by atoms with Crippen LogP contribution in [0.3, 0.4) is 0 Å². The monoisotopic (exact) mass is 464 g/mol. The molecule has 1 heterocycles. The highest BCUT2D eigenvalue weighted by molar-refractivity contribution is 7.92. The number of amides is 1. The second kappa shape index (κ2) is 9.07. The Labute approximate surface area is 193 Å². The normalized spacial score (nSPS) is 13.2. The zero-order valence-electron chi connectivity index (χ0n) is 18.4. The van der Waals surface area contributed by atoms with E-state index in [0.717, 1.165) is 5.56 Å². The minimum atomic E-state index is -3.86. The van der Waals surface area contributed by atoms with Gasteiger partial charge in [-0.25, -0.2) is 13.2 Å². The highest BCUT2D eigenvalue weighted by Crippen LogP contribution is 2.32. The quantitative estimate of drug-likeness (QED) is 0.535. The molecule has 0 saturated heterocycles. The van der Waals surface area contributed by atoms with E-state index >= 15 is 0 Å². The molecule has 0 fully saturated rings. The summed E-state index contributed by atoms with van der Waals surface area (Å²) in [5.74, 6) is -0.768. The van der Waals surface area contributed by atoms with E-state index in [1.165, 1.54) is 30.6 Å². The van der Waals surface area contributed by atoms with Crippen LogP contribution in [-0.4, -0.2) is 41.0 Å². The molecule has 0 aliphatic carbocycles. The van der Waals surface area contributed by atoms with Gasteiger partial charge in [0.05, 0.1) is 23.3 Å². The van der Waals surface area contributed by atoms with Crippen molar-refractivity contribution in [2.75, 3.05) is 29.9 Å². The maximum absolute atomic E-state index is 13.4. The predicted molar refractivity (Wildman–Crippen MR) is 126 cm³/mol. The van der Waals surface area contributed by atoms with Gasteiger partial charge in [0.15, 0.2) is 0 Å². The third kappa shape index (κ3) is 4.21. The van der Waals surface area contributed by atoms with Crippen LogP contribution in [-0.2, 0) is 21.2 Å². The van der Waals surface area contributed by atoms with Crippen molar-refractivity contribution in [3.05, 3.63) is 89.5 Å². The van der Waals surface area contributed by atoms with E-state index in [9.17, 15) is 18.0 Å². The number of ether oxygens (including phenoxy) is 1. The van der Waals surface area contributed by atoms with Crippen LogP contribution in [0.5, 0.6) is 0 Å². The largest absolute Gasteiger partial charge is 0.465 e. The summed E-state index contributed by atoms with van der Waals surface area (Å²) in [5, 5.41) is 0. The Morgan fingerprint density at radius 3 is 2.42 bits per heavy atom. The first-order chi connectivity index (χ1) is 15.8. The van der Waals surface area contributed by atoms with Crippen molar-refractivity contribution in [2.45, 2.75) is 17.7 Å². The van der Waals surface area contributed by atoms with Crippen LogP contribution in [0.2, 0.25) is 0 Å². The second-order valence-electron chi connectivity index (χ2n) is 7.69. The van der Waals surface area contributed by atoms with Crippen LogP contribution in [0, 0.1) is 0 Å². The molecule has 0 saturated carbocycles. The van der Waals surface area contributed by atoms with Crippen LogP contribution in [0.15, 0.2) is 77.7 Å². The van der Waals surface area contributed by atoms with Gasteiger partial charge in [0, 0.05) is 24.8 Å². The molecule has 1 aliphatic rings. The third-order valence-corrected chi connectivity index (χ3v) is 7.54. The van der Waals surface area contributed by atoms with E-state index in [-0.39, 0.29) is 16.4 Å². The molecule has 4 rings (SSSR count). The van der Waals surface area contributed by atoms with Crippen molar-refractivity contribution >= 4 is 33.3 Å². The van der Waals surface area contributed by atoms with Crippen molar-refractivity contribution in [1.29, 1.82) is 0 Å². The molecule has 0 spiro atoms. The maximum Gasteiger partial charge on any atom is 0.338 e. The summed E-state index contributed by atoms with van der Waals surface area (Å²) in [5.41, 5.74) is 2.62. The van der Waals surface area contributed by atoms with Gasteiger partial charge in [-0.15, -0.1) is 0 Å². The summed E-state index contributed by atoms with van der Waals surface area (Å²) in [4.78, 5) is 27.2. The van der Waals surface area contributed by atoms with Gasteiger partial charge in [0.1, 0.15) is 0 Å². The molecule has 0 atom stereocenters. The van der Waals surface area contributed by atoms with Gasteiger partial charge >= 0.3 is 5.97 Å². The van der Waals surface area contributed by atoms with Gasteiger partial charge in [0.25, 0.3) is 15.9 Å². The predicted octanol–water partition coefficient (Wildman–Crippen LogP) is 3.89. The summed E-state index contributed by atoms with van der Waals surface area (Å²) in [6.07, 6.45) is 1.34. The van der Waals surface area contributed by atoms with E-state index in [0.29, 0.717) is 36.3 Å². The maximum atomic E-state index is 13.4. The van der Waals surface area contributed by atoms with Gasteiger partial charge in [-0.3, -0.25) is 9.10 Å². The van der Waals surface area contributed by atoms with Crippen molar-refractivity contribution in [3.8, 4) is 0 Å². The Hall–Kier alpha value is -3.65. The van der Waals surface area contributed by atoms with Crippen LogP contribution < -0.4 is 9.21 Å². The average Bonchev–Trinajstić information content (AvgIpc) is 2.87. The third-order valence-electron chi connectivity index (χ3n) is 5.76. The van der Waals surface area contributed by atoms with Crippen molar-refractivity contribution in [2.24, 2.45) is 0 Å². The molecule has 33 heavy (non-hydrogen) atoms. The number of benzene rings is 3. The topological polar surface area (TPSA) is 84.0 Å². The number of fused-ring (bicyclic) bond motifs is 1. The lowest BCUT2D eigenvalue weighted by Gasteiger charge is -2.30. The minimum Gasteiger partial charge on any atom is -0.465 e. The number of carbonyl (C=O) groups excluding carboxylic acids is 2. The Morgan fingerprint density at radius 1 is 0.970 bits per heavy atom. The Balaban J connectivity index is 1.68. The van der Waals surface area contributed by atoms with E-state index in [2.05, 4.69) is 0 Å². The fourth-order valence-electron chi connectivity index (χ4n) is 4.02. The number of methoxy groups -OCH3 is 1. The minimum absolute atomic E-state index is 0.0280. The smallest absolute Gasteiger partial charge is 0.338 e. The SMILES string of the molecule is COC(=O)c1cccc2c1CCCN2C(=O)c1cccc(S(=O)(=O)N(C)c2ccccc2)c1. The van der Waals surface area contributed by atoms with Crippen LogP contribution in [0.1, 0.15) is 32.7 Å². The molecule has 3 aromatic carbocycles. The number of carbonyl (C=O) groups is 2. The lowest BCUT2D eigenvalue weighted by molar-refractivity contribution is 0.0599. The van der Waals surface area contributed by atoms with Crippen LogP contribution in [0.25, 0.3) is 0 Å². The molecule has 170 valence electrons. The number of nitrogens with zero attached hydrogens (tertiary/aromatic N) is 2. The van der Waals surface area contributed by atoms with E-state index in [1.54, 1.807) is 59.5 Å². The Morgan fingerprint density at radius 2 is 1.70 bits per heavy atom. The zero-order valence-corrected chi connectivity index (χ0v) is 19.2. The fraction of sp³-hybridized carbons (Fsp3) is 0.200. The lowest BCUT2D eigenvalue weighted by Crippen LogP contribution is -2.36. The molecular weight excluding hydrogens is 440 g/mol. The van der Waals surface area contributed by atoms with Crippen LogP contribution >= 0.6 is 0 Å². The molecule has 7 nitrogen and oxygen atoms in total. The zero-order chi connectivity index (χ0) is 23.6. The number of esters is 1. The molecule has 8 heteroatoms. The van der Waals surface area contributed by atoms with Gasteiger partial charge in [-0.05, 0) is 60.9 Å². The summed E-state index contributed by atoms with van der Waals surface area (Å²) >= 11 is 0. The molecule has 1 aliphatic heterocycles. The average molecular weight is 465 g/mol. The Kier molecular flexibility index (Phi) is 6.20. The molecule has 1 amide bonds. The molecule has 0 bridgehead atoms. The van der Waals surface area contributed by atoms with Gasteiger partial charge in [-0.1, -0.05) is 30.3 Å². The highest BCUT2D eigenvalue weighted by atomic mass is 32.2. The summed E-state index contributed by atoms with van der Waals surface area (Å²) in [6, 6.07) is 20.0. The first-order valence-electron chi connectivity index (χ1n) is 10.5. The number of hydrogen-bond acceptors (Lipinski definition) is 5. The number of rotatable bonds is 5. The van der Waals surface area contributed by atoms with Gasteiger partial charge in [-0.2, -0.15) is 0 Å². The molecule has 0 N–H and O–H groups in total. The molecular formula is C25H24N2O5S. The fourth-order valence-corrected chi connectivity index (χ4v) is 5.26. The van der Waals surface area contributed by atoms with Crippen molar-refractivity contribution in [3.63, 3.8) is 0 Å². The summed E-state index contributed by atoms with van der Waals surface area (Å²) < 4.78 is 32.4. The standard InChI is InChI=1S/C25H24N2O5S/c1-26(19-10-4-3-5-11-19)33(30,31)20-12-6-9-18(17-20)24(28)27-16-8-14-21-22(25(29)32-2)13-7-15-23(21)27/h3-7,9-13,15,17H,8,14,16H2,1-2H3. The molecule has 0 radical (unpaired) electrons. The van der Waals surface area contributed by atoms with E-state index in [4.69, 9.17) is 4.74 Å². The first-order valence-corrected chi connectivity index (χ1v) is 11.9. The van der Waals surface area contributed by atoms with Gasteiger partial charge < -0.3 is 9.64 Å². The van der Waals surface area contributed by atoms with Crippen molar-refractivity contribution < 1.29 is 22.7 Å². The second-order valence-corrected chi connectivity index (χ2v) is 9.66.